The van der Waals surface area contributed by atoms with E-state index in [-0.39, 0.29) is 18.2 Å². The lowest BCUT2D eigenvalue weighted by Crippen LogP contribution is -2.35. The molecule has 2 N–H and O–H groups in total. The van der Waals surface area contributed by atoms with Gasteiger partial charge in [-0.2, -0.15) is 0 Å². The summed E-state index contributed by atoms with van der Waals surface area (Å²) in [6, 6.07) is 3.42. The van der Waals surface area contributed by atoms with Gasteiger partial charge in [0.2, 0.25) is 0 Å². The first-order valence-corrected chi connectivity index (χ1v) is 7.30. The number of benzene rings is 1. The highest BCUT2D eigenvalue weighted by Crippen LogP contribution is 2.37. The van der Waals surface area contributed by atoms with E-state index in [0.29, 0.717) is 31.1 Å². The minimum Gasteiger partial charge on any atom is -0.508 e. The Morgan fingerprint density at radius 1 is 1.27 bits per heavy atom. The molecular weight excluding hydrogens is 306 g/mol. The van der Waals surface area contributed by atoms with E-state index in [9.17, 15) is 10.2 Å². The molecular formula is C16H22ClNO4. The molecule has 0 spiro atoms. The fraction of sp³-hybridized carbons (Fsp3) is 0.500. The molecule has 1 aliphatic heterocycles. The van der Waals surface area contributed by atoms with Gasteiger partial charge in [-0.1, -0.05) is 0 Å². The van der Waals surface area contributed by atoms with Crippen LogP contribution in [0.15, 0.2) is 16.5 Å². The number of morpholine rings is 1. The number of hydrogen-bond donors (Lipinski definition) is 2. The van der Waals surface area contributed by atoms with Gasteiger partial charge in [-0.15, -0.1) is 12.4 Å². The number of fused-ring (bicyclic) bond motifs is 1. The molecule has 3 rings (SSSR count). The second-order valence-electron chi connectivity index (χ2n) is 5.57. The summed E-state index contributed by atoms with van der Waals surface area (Å²) in [7, 11) is 0. The van der Waals surface area contributed by atoms with Gasteiger partial charge in [0.25, 0.3) is 0 Å². The summed E-state index contributed by atoms with van der Waals surface area (Å²) < 4.78 is 11.1. The van der Waals surface area contributed by atoms with E-state index in [1.165, 1.54) is 0 Å². The van der Waals surface area contributed by atoms with Crippen LogP contribution >= 0.6 is 12.4 Å². The molecule has 1 aromatic heterocycles. The van der Waals surface area contributed by atoms with Gasteiger partial charge in [0.15, 0.2) is 0 Å². The van der Waals surface area contributed by atoms with Gasteiger partial charge in [-0.3, -0.25) is 4.90 Å². The van der Waals surface area contributed by atoms with Gasteiger partial charge in [0.05, 0.1) is 19.3 Å². The van der Waals surface area contributed by atoms with E-state index in [0.717, 1.165) is 29.6 Å². The molecule has 1 fully saturated rings. The van der Waals surface area contributed by atoms with E-state index in [4.69, 9.17) is 9.15 Å². The summed E-state index contributed by atoms with van der Waals surface area (Å²) in [5.41, 5.74) is 2.30. The van der Waals surface area contributed by atoms with Crippen molar-refractivity contribution in [2.24, 2.45) is 0 Å². The lowest BCUT2D eigenvalue weighted by atomic mass is 10.00. The van der Waals surface area contributed by atoms with Crippen molar-refractivity contribution in [2.45, 2.75) is 26.5 Å². The number of phenols is 1. The fourth-order valence-electron chi connectivity index (χ4n) is 3.04. The van der Waals surface area contributed by atoms with Crippen LogP contribution < -0.4 is 0 Å². The second-order valence-corrected chi connectivity index (χ2v) is 5.57. The molecule has 1 aliphatic rings. The summed E-state index contributed by atoms with van der Waals surface area (Å²) in [5.74, 6) is 0.950. The van der Waals surface area contributed by atoms with Crippen LogP contribution in [-0.4, -0.2) is 41.4 Å². The molecule has 0 aliphatic carbocycles. The monoisotopic (exact) mass is 327 g/mol. The SMILES string of the molecule is Cc1oc2ccc(O)c(CN3CCOCC3)c2c1C(C)O.Cl. The fourth-order valence-corrected chi connectivity index (χ4v) is 3.04. The Labute approximate surface area is 135 Å². The predicted octanol–water partition coefficient (Wildman–Crippen LogP) is 2.75. The van der Waals surface area contributed by atoms with Crippen molar-refractivity contribution in [3.8, 4) is 5.75 Å². The third-order valence-electron chi connectivity index (χ3n) is 4.06. The number of nitrogens with zero attached hydrogens (tertiary/aromatic N) is 1. The molecule has 1 atom stereocenters. The molecule has 6 heteroatoms. The van der Waals surface area contributed by atoms with E-state index in [1.807, 2.05) is 6.92 Å². The molecule has 1 aromatic carbocycles. The molecule has 0 amide bonds. The highest BCUT2D eigenvalue weighted by atomic mass is 35.5. The molecule has 1 unspecified atom stereocenters. The zero-order chi connectivity index (χ0) is 15.0. The maximum Gasteiger partial charge on any atom is 0.135 e. The van der Waals surface area contributed by atoms with Crippen molar-refractivity contribution in [2.75, 3.05) is 26.3 Å². The third-order valence-corrected chi connectivity index (χ3v) is 4.06. The summed E-state index contributed by atoms with van der Waals surface area (Å²) in [6.07, 6.45) is -0.628. The maximum atomic E-state index is 10.3. The largest absolute Gasteiger partial charge is 0.508 e. The number of aromatic hydroxyl groups is 1. The summed E-state index contributed by atoms with van der Waals surface area (Å²) >= 11 is 0. The van der Waals surface area contributed by atoms with Gasteiger partial charge >= 0.3 is 0 Å². The van der Waals surface area contributed by atoms with Crippen molar-refractivity contribution >= 4 is 23.4 Å². The van der Waals surface area contributed by atoms with Crippen molar-refractivity contribution in [3.63, 3.8) is 0 Å². The average Bonchev–Trinajstić information content (AvgIpc) is 2.80. The molecule has 1 saturated heterocycles. The Hall–Kier alpha value is -1.27. The normalized spacial score (nSPS) is 17.4. The highest BCUT2D eigenvalue weighted by Gasteiger charge is 2.22. The number of ether oxygens (including phenoxy) is 1. The van der Waals surface area contributed by atoms with Gasteiger partial charge in [0, 0.05) is 36.1 Å². The van der Waals surface area contributed by atoms with Crippen LogP contribution in [0.25, 0.3) is 11.0 Å². The molecule has 2 heterocycles. The van der Waals surface area contributed by atoms with Crippen LogP contribution in [0.1, 0.15) is 29.9 Å². The Morgan fingerprint density at radius 3 is 2.59 bits per heavy atom. The number of hydrogen-bond acceptors (Lipinski definition) is 5. The van der Waals surface area contributed by atoms with Crippen LogP contribution in [0, 0.1) is 6.92 Å². The standard InChI is InChI=1S/C16H21NO4.ClH/c1-10(18)15-11(2)21-14-4-3-13(19)12(16(14)15)9-17-5-7-20-8-6-17;/h3-4,10,18-19H,5-9H2,1-2H3;1H. The van der Waals surface area contributed by atoms with E-state index in [1.54, 1.807) is 19.1 Å². The van der Waals surface area contributed by atoms with Crippen LogP contribution in [0.4, 0.5) is 0 Å². The number of furan rings is 1. The number of aryl methyl sites for hydroxylation is 1. The Bertz CT molecular complexity index is 647. The first kappa shape index (κ1) is 17.1. The number of halogens is 1. The van der Waals surface area contributed by atoms with Gasteiger partial charge in [-0.25, -0.2) is 0 Å². The predicted molar refractivity (Wildman–Crippen MR) is 86.6 cm³/mol. The van der Waals surface area contributed by atoms with Gasteiger partial charge in [0.1, 0.15) is 17.1 Å². The van der Waals surface area contributed by atoms with Crippen LogP contribution in [0.3, 0.4) is 0 Å². The Kier molecular flexibility index (Phi) is 5.34. The topological polar surface area (TPSA) is 66.1 Å². The van der Waals surface area contributed by atoms with Gasteiger partial charge in [-0.05, 0) is 26.0 Å². The summed E-state index contributed by atoms with van der Waals surface area (Å²) in [6.45, 7) is 7.31. The van der Waals surface area contributed by atoms with Crippen molar-refractivity contribution in [1.29, 1.82) is 0 Å². The highest BCUT2D eigenvalue weighted by molar-refractivity contribution is 5.88. The zero-order valence-corrected chi connectivity index (χ0v) is 13.7. The van der Waals surface area contributed by atoms with Crippen LogP contribution in [0.2, 0.25) is 0 Å². The average molecular weight is 328 g/mol. The van der Waals surface area contributed by atoms with Crippen molar-refractivity contribution in [1.82, 2.24) is 4.90 Å². The van der Waals surface area contributed by atoms with Crippen molar-refractivity contribution in [3.05, 3.63) is 29.0 Å². The molecule has 0 saturated carbocycles. The lowest BCUT2D eigenvalue weighted by molar-refractivity contribution is 0.0340. The van der Waals surface area contributed by atoms with Crippen molar-refractivity contribution < 1.29 is 19.4 Å². The van der Waals surface area contributed by atoms with E-state index < -0.39 is 6.10 Å². The van der Waals surface area contributed by atoms with E-state index in [2.05, 4.69) is 4.90 Å². The number of aliphatic hydroxyl groups is 1. The molecule has 2 aromatic rings. The van der Waals surface area contributed by atoms with Crippen LogP contribution in [0.5, 0.6) is 5.75 Å². The van der Waals surface area contributed by atoms with Gasteiger partial charge < -0.3 is 19.4 Å². The molecule has 122 valence electrons. The second kappa shape index (κ2) is 6.87. The van der Waals surface area contributed by atoms with E-state index >= 15 is 0 Å². The zero-order valence-electron chi connectivity index (χ0n) is 12.8. The molecule has 0 radical (unpaired) electrons. The summed E-state index contributed by atoms with van der Waals surface area (Å²) in [4.78, 5) is 2.24. The Morgan fingerprint density at radius 2 is 1.95 bits per heavy atom. The minimum absolute atomic E-state index is 0. The number of phenolic OH excluding ortho intramolecular Hbond substituents is 1. The number of aliphatic hydroxyl groups excluding tert-OH is 1. The van der Waals surface area contributed by atoms with Crippen LogP contribution in [-0.2, 0) is 11.3 Å². The first-order chi connectivity index (χ1) is 10.1. The Balaban J connectivity index is 0.00000176. The maximum absolute atomic E-state index is 10.3. The lowest BCUT2D eigenvalue weighted by Gasteiger charge is -2.27. The minimum atomic E-state index is -0.628. The summed E-state index contributed by atoms with van der Waals surface area (Å²) in [5, 5.41) is 21.2. The smallest absolute Gasteiger partial charge is 0.135 e. The quantitative estimate of drug-likeness (QED) is 0.907. The first-order valence-electron chi connectivity index (χ1n) is 7.30. The molecule has 5 nitrogen and oxygen atoms in total. The number of rotatable bonds is 3. The third kappa shape index (κ3) is 3.08. The molecule has 22 heavy (non-hydrogen) atoms. The molecule has 0 bridgehead atoms.